The summed E-state index contributed by atoms with van der Waals surface area (Å²) in [4.78, 5) is 14.2. The third kappa shape index (κ3) is 9.53. The summed E-state index contributed by atoms with van der Waals surface area (Å²) in [6.45, 7) is 12.6. The third-order valence-electron chi connectivity index (χ3n) is 3.45. The molecule has 1 rings (SSSR count). The molecule has 1 fully saturated rings. The van der Waals surface area contributed by atoms with Gasteiger partial charge >= 0.3 is 0 Å². The molecule has 5 nitrogen and oxygen atoms in total. The predicted octanol–water partition coefficient (Wildman–Crippen LogP) is 1.44. The Morgan fingerprint density at radius 2 is 1.90 bits per heavy atom. The van der Waals surface area contributed by atoms with Gasteiger partial charge in [-0.3, -0.25) is 9.69 Å². The lowest BCUT2D eigenvalue weighted by molar-refractivity contribution is -0.122. The first-order chi connectivity index (χ1) is 9.00. The molecule has 0 spiro atoms. The molecule has 1 aliphatic heterocycles. The molecule has 1 amide bonds. The van der Waals surface area contributed by atoms with Crippen molar-refractivity contribution in [3.63, 3.8) is 0 Å². The Morgan fingerprint density at radius 1 is 1.29 bits per heavy atom. The van der Waals surface area contributed by atoms with E-state index in [0.29, 0.717) is 31.7 Å². The van der Waals surface area contributed by atoms with E-state index in [0.717, 1.165) is 19.7 Å². The summed E-state index contributed by atoms with van der Waals surface area (Å²) < 4.78 is 5.34. The van der Waals surface area contributed by atoms with Gasteiger partial charge < -0.3 is 15.4 Å². The predicted molar refractivity (Wildman–Crippen MR) is 91.7 cm³/mol. The Labute approximate surface area is 141 Å². The number of hydrogen-bond acceptors (Lipinski definition) is 4. The van der Waals surface area contributed by atoms with Gasteiger partial charge in [0.1, 0.15) is 0 Å². The monoisotopic (exact) mass is 343 g/mol. The molecule has 21 heavy (non-hydrogen) atoms. The summed E-state index contributed by atoms with van der Waals surface area (Å²) in [5, 5.41) is 6.28. The van der Waals surface area contributed by atoms with Crippen molar-refractivity contribution in [2.45, 2.75) is 52.2 Å². The molecule has 2 N–H and O–H groups in total. The van der Waals surface area contributed by atoms with Gasteiger partial charge in [-0.05, 0) is 27.7 Å². The number of nitrogens with one attached hydrogen (secondary N) is 2. The van der Waals surface area contributed by atoms with E-state index in [1.54, 1.807) is 0 Å². The molecule has 1 unspecified atom stereocenters. The number of rotatable bonds is 7. The van der Waals surface area contributed by atoms with Gasteiger partial charge in [-0.25, -0.2) is 0 Å². The number of amides is 1. The van der Waals surface area contributed by atoms with Crippen molar-refractivity contribution in [2.24, 2.45) is 0 Å². The molecule has 1 aliphatic rings. The lowest BCUT2D eigenvalue weighted by Crippen LogP contribution is -2.46. The highest BCUT2D eigenvalue weighted by atomic mass is 35.5. The molecule has 0 bridgehead atoms. The molecular formula is C14H31Cl2N3O2. The van der Waals surface area contributed by atoms with Crippen LogP contribution in [0.15, 0.2) is 0 Å². The Hall–Kier alpha value is -0.0700. The summed E-state index contributed by atoms with van der Waals surface area (Å²) >= 11 is 0. The Morgan fingerprint density at radius 3 is 2.38 bits per heavy atom. The fourth-order valence-corrected chi connectivity index (χ4v) is 2.48. The van der Waals surface area contributed by atoms with E-state index in [1.807, 2.05) is 0 Å². The maximum atomic E-state index is 11.8. The van der Waals surface area contributed by atoms with Gasteiger partial charge in [-0.1, -0.05) is 0 Å². The van der Waals surface area contributed by atoms with Crippen LogP contribution in [0.5, 0.6) is 0 Å². The van der Waals surface area contributed by atoms with Crippen LogP contribution in [0.3, 0.4) is 0 Å². The van der Waals surface area contributed by atoms with Crippen LogP contribution in [0.2, 0.25) is 0 Å². The van der Waals surface area contributed by atoms with Gasteiger partial charge in [0.05, 0.1) is 13.2 Å². The molecule has 1 heterocycles. The Bertz CT molecular complexity index is 265. The number of halogens is 2. The molecule has 7 heteroatoms. The van der Waals surface area contributed by atoms with Crippen LogP contribution in [-0.2, 0) is 9.53 Å². The zero-order chi connectivity index (χ0) is 14.3. The fourth-order valence-electron chi connectivity index (χ4n) is 2.48. The summed E-state index contributed by atoms with van der Waals surface area (Å²) in [6.07, 6.45) is 0.503. The minimum atomic E-state index is 0. The van der Waals surface area contributed by atoms with Crippen molar-refractivity contribution in [1.29, 1.82) is 0 Å². The van der Waals surface area contributed by atoms with Crippen LogP contribution >= 0.6 is 24.8 Å². The summed E-state index contributed by atoms with van der Waals surface area (Å²) in [6, 6.07) is 1.18. The van der Waals surface area contributed by atoms with Gasteiger partial charge in [0.2, 0.25) is 5.91 Å². The van der Waals surface area contributed by atoms with Crippen molar-refractivity contribution >= 4 is 30.7 Å². The van der Waals surface area contributed by atoms with Crippen molar-refractivity contribution in [3.8, 4) is 0 Å². The average Bonchev–Trinajstić information content (AvgIpc) is 2.34. The van der Waals surface area contributed by atoms with Crippen LogP contribution < -0.4 is 10.6 Å². The van der Waals surface area contributed by atoms with Gasteiger partial charge in [0.25, 0.3) is 0 Å². The molecule has 0 saturated carbocycles. The lowest BCUT2D eigenvalue weighted by atomic mass is 10.2. The van der Waals surface area contributed by atoms with Crippen LogP contribution in [-0.4, -0.2) is 61.8 Å². The molecule has 128 valence electrons. The summed E-state index contributed by atoms with van der Waals surface area (Å²) in [5.41, 5.74) is 0. The highest BCUT2D eigenvalue weighted by Gasteiger charge is 2.17. The maximum absolute atomic E-state index is 11.8. The number of hydrogen-bond donors (Lipinski definition) is 2. The van der Waals surface area contributed by atoms with Gasteiger partial charge in [-0.15, -0.1) is 24.8 Å². The van der Waals surface area contributed by atoms with Crippen molar-refractivity contribution in [1.82, 2.24) is 15.5 Å². The molecule has 0 aliphatic carbocycles. The molecular weight excluding hydrogens is 313 g/mol. The van der Waals surface area contributed by atoms with E-state index >= 15 is 0 Å². The second-order valence-electron chi connectivity index (χ2n) is 5.71. The molecule has 0 aromatic carbocycles. The van der Waals surface area contributed by atoms with E-state index in [4.69, 9.17) is 4.74 Å². The summed E-state index contributed by atoms with van der Waals surface area (Å²) in [5.74, 6) is 0.107. The Kier molecular flexibility index (Phi) is 13.8. The first-order valence-corrected chi connectivity index (χ1v) is 7.34. The number of morpholine rings is 1. The van der Waals surface area contributed by atoms with Crippen molar-refractivity contribution < 1.29 is 9.53 Å². The van der Waals surface area contributed by atoms with E-state index in [2.05, 4.69) is 43.2 Å². The zero-order valence-corrected chi connectivity index (χ0v) is 15.2. The first-order valence-electron chi connectivity index (χ1n) is 7.34. The first kappa shape index (κ1) is 23.2. The van der Waals surface area contributed by atoms with E-state index in [-0.39, 0.29) is 36.8 Å². The molecule has 1 saturated heterocycles. The minimum absolute atomic E-state index is 0. The van der Waals surface area contributed by atoms with Crippen LogP contribution in [0.1, 0.15) is 34.1 Å². The smallest absolute Gasteiger partial charge is 0.221 e. The average molecular weight is 344 g/mol. The van der Waals surface area contributed by atoms with E-state index in [1.165, 1.54) is 0 Å². The zero-order valence-electron chi connectivity index (χ0n) is 13.6. The molecule has 1 atom stereocenters. The number of nitrogens with zero attached hydrogens (tertiary/aromatic N) is 1. The molecule has 0 aromatic heterocycles. The Balaban J connectivity index is 0. The van der Waals surface area contributed by atoms with Crippen LogP contribution in [0, 0.1) is 0 Å². The lowest BCUT2D eigenvalue weighted by Gasteiger charge is -2.30. The fraction of sp³-hybridized carbons (Fsp3) is 0.929. The standard InChI is InChI=1S/C14H29N3O2.2ClH/c1-11(2)17(12(3)4)7-5-16-14(18)9-13-10-19-8-6-15-13;;/h11-13,15H,5-10H2,1-4H3,(H,16,18);2*1H. The maximum Gasteiger partial charge on any atom is 0.221 e. The topological polar surface area (TPSA) is 53.6 Å². The van der Waals surface area contributed by atoms with Crippen molar-refractivity contribution in [3.05, 3.63) is 0 Å². The third-order valence-corrected chi connectivity index (χ3v) is 3.45. The quantitative estimate of drug-likeness (QED) is 0.734. The minimum Gasteiger partial charge on any atom is -0.378 e. The second-order valence-corrected chi connectivity index (χ2v) is 5.71. The highest BCUT2D eigenvalue weighted by molar-refractivity contribution is 5.85. The number of carbonyl (C=O) groups is 1. The molecule has 0 radical (unpaired) electrons. The van der Waals surface area contributed by atoms with Crippen molar-refractivity contribution in [2.75, 3.05) is 32.8 Å². The number of carbonyl (C=O) groups excluding carboxylic acids is 1. The second kappa shape index (κ2) is 12.5. The summed E-state index contributed by atoms with van der Waals surface area (Å²) in [7, 11) is 0. The SMILES string of the molecule is CC(C)N(CCNC(=O)CC1COCCN1)C(C)C.Cl.Cl. The van der Waals surface area contributed by atoms with Crippen LogP contribution in [0.25, 0.3) is 0 Å². The molecule has 0 aromatic rings. The van der Waals surface area contributed by atoms with Gasteiger partial charge in [-0.2, -0.15) is 0 Å². The highest BCUT2D eigenvalue weighted by Crippen LogP contribution is 2.03. The van der Waals surface area contributed by atoms with Crippen LogP contribution in [0.4, 0.5) is 0 Å². The van der Waals surface area contributed by atoms with Gasteiger partial charge in [0.15, 0.2) is 0 Å². The normalized spacial score (nSPS) is 18.3. The number of ether oxygens (including phenoxy) is 1. The largest absolute Gasteiger partial charge is 0.378 e. The van der Waals surface area contributed by atoms with E-state index < -0.39 is 0 Å². The van der Waals surface area contributed by atoms with Gasteiger partial charge in [0, 0.05) is 44.2 Å². The van der Waals surface area contributed by atoms with E-state index in [9.17, 15) is 4.79 Å².